The number of pyridine rings is 1. The van der Waals surface area contributed by atoms with Crippen molar-refractivity contribution in [2.45, 2.75) is 25.3 Å². The number of rotatable bonds is 2. The van der Waals surface area contributed by atoms with E-state index in [0.717, 1.165) is 24.8 Å². The van der Waals surface area contributed by atoms with E-state index < -0.39 is 0 Å². The fourth-order valence-corrected chi connectivity index (χ4v) is 3.19. The number of nitrogens with zero attached hydrogens (tertiary/aromatic N) is 2. The average Bonchev–Trinajstić information content (AvgIpc) is 2.99. The molecule has 1 aliphatic carbocycles. The number of aromatic nitrogens is 2. The van der Waals surface area contributed by atoms with Gasteiger partial charge in [0.25, 0.3) is 5.91 Å². The molecule has 1 amide bonds. The highest BCUT2D eigenvalue weighted by Crippen LogP contribution is 2.29. The van der Waals surface area contributed by atoms with E-state index in [9.17, 15) is 4.79 Å². The van der Waals surface area contributed by atoms with Gasteiger partial charge in [-0.1, -0.05) is 30.3 Å². The van der Waals surface area contributed by atoms with Gasteiger partial charge in [0, 0.05) is 6.20 Å². The largest absolute Gasteiger partial charge is 0.344 e. The van der Waals surface area contributed by atoms with Gasteiger partial charge in [-0.2, -0.15) is 5.10 Å². The average molecular weight is 291 g/mol. The summed E-state index contributed by atoms with van der Waals surface area (Å²) in [5.41, 5.74) is 3.98. The van der Waals surface area contributed by atoms with Crippen molar-refractivity contribution in [2.75, 3.05) is 0 Å². The zero-order valence-corrected chi connectivity index (χ0v) is 12.2. The second kappa shape index (κ2) is 5.30. The Labute approximate surface area is 128 Å². The van der Waals surface area contributed by atoms with Gasteiger partial charge in [-0.25, -0.2) is 4.52 Å². The van der Waals surface area contributed by atoms with E-state index in [1.54, 1.807) is 4.52 Å². The molecule has 0 aliphatic heterocycles. The summed E-state index contributed by atoms with van der Waals surface area (Å²) in [6.07, 6.45) is 5.03. The second-order valence-corrected chi connectivity index (χ2v) is 5.72. The first-order valence-electron chi connectivity index (χ1n) is 7.64. The van der Waals surface area contributed by atoms with E-state index in [1.807, 2.05) is 36.5 Å². The molecule has 0 radical (unpaired) electrons. The molecule has 1 unspecified atom stereocenters. The van der Waals surface area contributed by atoms with Crippen LogP contribution in [0.5, 0.6) is 0 Å². The summed E-state index contributed by atoms with van der Waals surface area (Å²) >= 11 is 0. The molecule has 0 fully saturated rings. The maximum absolute atomic E-state index is 12.5. The van der Waals surface area contributed by atoms with Crippen LogP contribution in [0.3, 0.4) is 0 Å². The highest BCUT2D eigenvalue weighted by Gasteiger charge is 2.22. The molecule has 4 heteroatoms. The van der Waals surface area contributed by atoms with Crippen LogP contribution < -0.4 is 5.32 Å². The van der Waals surface area contributed by atoms with Crippen molar-refractivity contribution in [1.82, 2.24) is 14.9 Å². The van der Waals surface area contributed by atoms with Gasteiger partial charge < -0.3 is 5.32 Å². The molecule has 3 aromatic rings. The van der Waals surface area contributed by atoms with Crippen LogP contribution in [0.2, 0.25) is 0 Å². The van der Waals surface area contributed by atoms with Gasteiger partial charge in [-0.15, -0.1) is 0 Å². The van der Waals surface area contributed by atoms with E-state index in [-0.39, 0.29) is 11.9 Å². The molecule has 2 aromatic heterocycles. The molecular formula is C18H17N3O. The molecule has 1 N–H and O–H groups in total. The predicted octanol–water partition coefficient (Wildman–Crippen LogP) is 3.14. The lowest BCUT2D eigenvalue weighted by molar-refractivity contribution is 0.0927. The molecule has 22 heavy (non-hydrogen) atoms. The zero-order valence-electron chi connectivity index (χ0n) is 12.2. The van der Waals surface area contributed by atoms with E-state index in [2.05, 4.69) is 28.6 Å². The minimum Gasteiger partial charge on any atom is -0.344 e. The lowest BCUT2D eigenvalue weighted by atomic mass is 9.88. The molecule has 1 atom stereocenters. The molecule has 1 aliphatic rings. The van der Waals surface area contributed by atoms with Gasteiger partial charge in [0.15, 0.2) is 5.69 Å². The molecule has 4 rings (SSSR count). The highest BCUT2D eigenvalue weighted by molar-refractivity contribution is 5.93. The standard InChI is InChI=1S/C18H17N3O/c22-18(17-12-14-8-3-4-11-21(14)20-17)19-16-10-5-7-13-6-1-2-9-15(13)16/h1-4,6,8-9,11-12,16H,5,7,10H2,(H,19,22). The van der Waals surface area contributed by atoms with E-state index >= 15 is 0 Å². The maximum atomic E-state index is 12.5. The molecule has 1 aromatic carbocycles. The SMILES string of the molecule is O=C(NC1CCCc2ccccc21)c1cc2ccccn2n1. The Balaban J connectivity index is 1.60. The lowest BCUT2D eigenvalue weighted by Crippen LogP contribution is -2.31. The zero-order chi connectivity index (χ0) is 14.9. The smallest absolute Gasteiger partial charge is 0.272 e. The third-order valence-electron chi connectivity index (χ3n) is 4.28. The number of amides is 1. The van der Waals surface area contributed by atoms with Crippen molar-refractivity contribution in [3.05, 3.63) is 71.5 Å². The van der Waals surface area contributed by atoms with Crippen molar-refractivity contribution >= 4 is 11.4 Å². The topological polar surface area (TPSA) is 46.4 Å². The fourth-order valence-electron chi connectivity index (χ4n) is 3.19. The molecular weight excluding hydrogens is 274 g/mol. The Morgan fingerprint density at radius 1 is 1.18 bits per heavy atom. The van der Waals surface area contributed by atoms with Gasteiger partial charge in [0.1, 0.15) is 0 Å². The van der Waals surface area contributed by atoms with Crippen LogP contribution in [0.25, 0.3) is 5.52 Å². The van der Waals surface area contributed by atoms with Crippen LogP contribution in [-0.2, 0) is 6.42 Å². The Hall–Kier alpha value is -2.62. The summed E-state index contributed by atoms with van der Waals surface area (Å²) in [5, 5.41) is 7.48. The number of carbonyl (C=O) groups is 1. The van der Waals surface area contributed by atoms with Gasteiger partial charge in [0.05, 0.1) is 11.6 Å². The van der Waals surface area contributed by atoms with E-state index in [4.69, 9.17) is 0 Å². The monoisotopic (exact) mass is 291 g/mol. The predicted molar refractivity (Wildman–Crippen MR) is 84.8 cm³/mol. The summed E-state index contributed by atoms with van der Waals surface area (Å²) in [6.45, 7) is 0. The first-order valence-corrected chi connectivity index (χ1v) is 7.64. The van der Waals surface area contributed by atoms with Crippen LogP contribution >= 0.6 is 0 Å². The van der Waals surface area contributed by atoms with Crippen molar-refractivity contribution in [3.8, 4) is 0 Å². The van der Waals surface area contributed by atoms with Crippen molar-refractivity contribution < 1.29 is 4.79 Å². The van der Waals surface area contributed by atoms with Gasteiger partial charge >= 0.3 is 0 Å². The lowest BCUT2D eigenvalue weighted by Gasteiger charge is -2.26. The van der Waals surface area contributed by atoms with Crippen molar-refractivity contribution in [2.24, 2.45) is 0 Å². The van der Waals surface area contributed by atoms with E-state index in [0.29, 0.717) is 5.69 Å². The van der Waals surface area contributed by atoms with Crippen LogP contribution in [0.15, 0.2) is 54.7 Å². The van der Waals surface area contributed by atoms with Crippen LogP contribution in [0.4, 0.5) is 0 Å². The number of benzene rings is 1. The van der Waals surface area contributed by atoms with Crippen LogP contribution in [-0.4, -0.2) is 15.5 Å². The summed E-state index contributed by atoms with van der Waals surface area (Å²) in [5.74, 6) is -0.106. The van der Waals surface area contributed by atoms with Crippen molar-refractivity contribution in [3.63, 3.8) is 0 Å². The molecule has 0 saturated heterocycles. The number of fused-ring (bicyclic) bond motifs is 2. The maximum Gasteiger partial charge on any atom is 0.272 e. The number of hydrogen-bond donors (Lipinski definition) is 1. The molecule has 4 nitrogen and oxygen atoms in total. The number of carbonyl (C=O) groups excluding carboxylic acids is 1. The molecule has 0 bridgehead atoms. The third-order valence-corrected chi connectivity index (χ3v) is 4.28. The van der Waals surface area contributed by atoms with Gasteiger partial charge in [-0.3, -0.25) is 4.79 Å². The van der Waals surface area contributed by atoms with Crippen LogP contribution in [0.1, 0.15) is 40.5 Å². The Kier molecular flexibility index (Phi) is 3.15. The normalized spacial score (nSPS) is 17.2. The van der Waals surface area contributed by atoms with Crippen LogP contribution in [0, 0.1) is 0 Å². The molecule has 0 saturated carbocycles. The first-order chi connectivity index (χ1) is 10.8. The molecule has 2 heterocycles. The summed E-state index contributed by atoms with van der Waals surface area (Å²) in [7, 11) is 0. The fraction of sp³-hybridized carbons (Fsp3) is 0.222. The Morgan fingerprint density at radius 2 is 2.05 bits per heavy atom. The highest BCUT2D eigenvalue weighted by atomic mass is 16.2. The molecule has 110 valence electrons. The van der Waals surface area contributed by atoms with Gasteiger partial charge in [-0.05, 0) is 48.6 Å². The summed E-state index contributed by atoms with van der Waals surface area (Å²) in [4.78, 5) is 12.5. The number of nitrogens with one attached hydrogen (secondary N) is 1. The summed E-state index contributed by atoms with van der Waals surface area (Å²) < 4.78 is 1.73. The number of hydrogen-bond acceptors (Lipinski definition) is 2. The minimum atomic E-state index is -0.106. The Bertz CT molecular complexity index is 804. The Morgan fingerprint density at radius 3 is 2.95 bits per heavy atom. The second-order valence-electron chi connectivity index (χ2n) is 5.72. The minimum absolute atomic E-state index is 0.0854. The van der Waals surface area contributed by atoms with Crippen molar-refractivity contribution in [1.29, 1.82) is 0 Å². The summed E-state index contributed by atoms with van der Waals surface area (Å²) in [6, 6.07) is 16.1. The third kappa shape index (κ3) is 2.26. The quantitative estimate of drug-likeness (QED) is 0.788. The van der Waals surface area contributed by atoms with E-state index in [1.165, 1.54) is 11.1 Å². The van der Waals surface area contributed by atoms with Gasteiger partial charge in [0.2, 0.25) is 0 Å². The number of aryl methyl sites for hydroxylation is 1. The first kappa shape index (κ1) is 13.1. The molecule has 0 spiro atoms.